The standard InChI is InChI=1S/C28H23F3N6O/c1-15(2)26(38)37-27-32-13-18-11-17(8-10-22(18)36-27)23-16(3)7-9-21-24(23)33-14-34-25(21)35-20-6-4-5-19(12-20)28(29,30)31/h4-15H,1-3H3,(H,33,34,35)(H,32,36,37,38). The summed E-state index contributed by atoms with van der Waals surface area (Å²) >= 11 is 0. The summed E-state index contributed by atoms with van der Waals surface area (Å²) in [4.78, 5) is 29.5. The lowest BCUT2D eigenvalue weighted by Crippen LogP contribution is -2.19. The number of aromatic nitrogens is 4. The minimum atomic E-state index is -4.45. The van der Waals surface area contributed by atoms with E-state index in [4.69, 9.17) is 0 Å². The van der Waals surface area contributed by atoms with Crippen LogP contribution in [-0.4, -0.2) is 25.8 Å². The van der Waals surface area contributed by atoms with Gasteiger partial charge in [-0.3, -0.25) is 10.1 Å². The van der Waals surface area contributed by atoms with Gasteiger partial charge in [-0.05, 0) is 54.4 Å². The van der Waals surface area contributed by atoms with Gasteiger partial charge in [0.2, 0.25) is 11.9 Å². The second-order valence-corrected chi connectivity index (χ2v) is 9.19. The molecular weight excluding hydrogens is 493 g/mol. The first-order valence-electron chi connectivity index (χ1n) is 11.9. The maximum absolute atomic E-state index is 13.2. The number of rotatable bonds is 5. The molecule has 0 unspecified atom stereocenters. The predicted molar refractivity (Wildman–Crippen MR) is 141 cm³/mol. The number of hydrogen-bond acceptors (Lipinski definition) is 6. The highest BCUT2D eigenvalue weighted by atomic mass is 19.4. The van der Waals surface area contributed by atoms with Crippen LogP contribution in [0.5, 0.6) is 0 Å². The van der Waals surface area contributed by atoms with E-state index in [1.807, 2.05) is 37.3 Å². The maximum atomic E-state index is 13.2. The molecule has 0 aliphatic rings. The molecule has 7 nitrogen and oxygen atoms in total. The summed E-state index contributed by atoms with van der Waals surface area (Å²) in [6, 6.07) is 14.4. The van der Waals surface area contributed by atoms with Gasteiger partial charge in [-0.25, -0.2) is 19.9 Å². The molecule has 0 spiro atoms. The highest BCUT2D eigenvalue weighted by molar-refractivity contribution is 6.02. The van der Waals surface area contributed by atoms with Crippen molar-refractivity contribution in [2.45, 2.75) is 26.9 Å². The normalized spacial score (nSPS) is 11.8. The van der Waals surface area contributed by atoms with Crippen LogP contribution in [0.3, 0.4) is 0 Å². The molecule has 2 heterocycles. The second kappa shape index (κ2) is 9.70. The number of nitrogens with one attached hydrogen (secondary N) is 2. The fourth-order valence-electron chi connectivity index (χ4n) is 4.11. The highest BCUT2D eigenvalue weighted by Crippen LogP contribution is 2.36. The Bertz CT molecular complexity index is 1680. The van der Waals surface area contributed by atoms with Crippen LogP contribution in [0.25, 0.3) is 32.9 Å². The predicted octanol–water partition coefficient (Wildman–Crippen LogP) is 6.91. The lowest BCUT2D eigenvalue weighted by Gasteiger charge is -2.14. The highest BCUT2D eigenvalue weighted by Gasteiger charge is 2.30. The van der Waals surface area contributed by atoms with Crippen molar-refractivity contribution in [3.05, 3.63) is 78.2 Å². The minimum Gasteiger partial charge on any atom is -0.340 e. The SMILES string of the molecule is Cc1ccc2c(Nc3cccc(C(F)(F)F)c3)ncnc2c1-c1ccc2nc(NC(=O)C(C)C)ncc2c1. The first-order chi connectivity index (χ1) is 18.1. The molecule has 192 valence electrons. The van der Waals surface area contributed by atoms with Crippen LogP contribution in [0.15, 0.2) is 67.1 Å². The fourth-order valence-corrected chi connectivity index (χ4v) is 4.11. The van der Waals surface area contributed by atoms with E-state index >= 15 is 0 Å². The number of nitrogens with zero attached hydrogens (tertiary/aromatic N) is 4. The summed E-state index contributed by atoms with van der Waals surface area (Å²) in [6.45, 7) is 5.54. The number of benzene rings is 3. The topological polar surface area (TPSA) is 92.7 Å². The lowest BCUT2D eigenvalue weighted by molar-refractivity contribution is -0.137. The number of alkyl halides is 3. The van der Waals surface area contributed by atoms with Gasteiger partial charge in [-0.2, -0.15) is 13.2 Å². The van der Waals surface area contributed by atoms with Crippen molar-refractivity contribution in [1.82, 2.24) is 19.9 Å². The zero-order valence-electron chi connectivity index (χ0n) is 20.8. The zero-order valence-corrected chi connectivity index (χ0v) is 20.8. The molecule has 10 heteroatoms. The molecule has 1 amide bonds. The first kappa shape index (κ1) is 25.1. The number of hydrogen-bond donors (Lipinski definition) is 2. The van der Waals surface area contributed by atoms with Gasteiger partial charge < -0.3 is 5.32 Å². The molecule has 5 rings (SSSR count). The van der Waals surface area contributed by atoms with Crippen molar-refractivity contribution in [3.63, 3.8) is 0 Å². The zero-order chi connectivity index (χ0) is 27.0. The Labute approximate surface area is 216 Å². The van der Waals surface area contributed by atoms with Gasteiger partial charge in [-0.1, -0.05) is 32.0 Å². The number of carbonyl (C=O) groups is 1. The Balaban J connectivity index is 1.54. The summed E-state index contributed by atoms with van der Waals surface area (Å²) in [5.74, 6) is 0.274. The Morgan fingerprint density at radius 3 is 2.55 bits per heavy atom. The van der Waals surface area contributed by atoms with Gasteiger partial charge in [0.15, 0.2) is 0 Å². The van der Waals surface area contributed by atoms with E-state index in [1.165, 1.54) is 12.4 Å². The molecule has 0 fully saturated rings. The van der Waals surface area contributed by atoms with Crippen LogP contribution in [-0.2, 0) is 11.0 Å². The molecule has 0 aliphatic heterocycles. The summed E-state index contributed by atoms with van der Waals surface area (Å²) < 4.78 is 39.6. The number of amides is 1. The van der Waals surface area contributed by atoms with Gasteiger partial charge >= 0.3 is 6.18 Å². The Hall–Kier alpha value is -4.60. The van der Waals surface area contributed by atoms with E-state index < -0.39 is 11.7 Å². The molecular formula is C28H23F3N6O. The minimum absolute atomic E-state index is 0.165. The van der Waals surface area contributed by atoms with Crippen molar-refractivity contribution < 1.29 is 18.0 Å². The van der Waals surface area contributed by atoms with Crippen LogP contribution < -0.4 is 10.6 Å². The van der Waals surface area contributed by atoms with Crippen molar-refractivity contribution in [2.24, 2.45) is 5.92 Å². The van der Waals surface area contributed by atoms with E-state index in [9.17, 15) is 18.0 Å². The van der Waals surface area contributed by atoms with Gasteiger partial charge in [0, 0.05) is 34.1 Å². The molecule has 0 aliphatic carbocycles. The van der Waals surface area contributed by atoms with Gasteiger partial charge in [0.05, 0.1) is 16.6 Å². The van der Waals surface area contributed by atoms with Gasteiger partial charge in [-0.15, -0.1) is 0 Å². The lowest BCUT2D eigenvalue weighted by atomic mass is 9.96. The van der Waals surface area contributed by atoms with Crippen molar-refractivity contribution in [3.8, 4) is 11.1 Å². The van der Waals surface area contributed by atoms with Crippen LogP contribution >= 0.6 is 0 Å². The molecule has 2 aromatic heterocycles. The molecule has 2 N–H and O–H groups in total. The molecule has 0 bridgehead atoms. The molecule has 0 atom stereocenters. The summed E-state index contributed by atoms with van der Waals surface area (Å²) in [5.41, 5.74) is 3.52. The molecule has 0 saturated heterocycles. The van der Waals surface area contributed by atoms with E-state index in [0.29, 0.717) is 22.2 Å². The smallest absolute Gasteiger partial charge is 0.340 e. The van der Waals surface area contributed by atoms with E-state index in [-0.39, 0.29) is 23.5 Å². The fraction of sp³-hybridized carbons (Fsp3) is 0.179. The molecule has 3 aromatic carbocycles. The largest absolute Gasteiger partial charge is 0.416 e. The number of halogens is 3. The number of carbonyl (C=O) groups excluding carboxylic acids is 1. The van der Waals surface area contributed by atoms with E-state index in [0.717, 1.165) is 34.2 Å². The summed E-state index contributed by atoms with van der Waals surface area (Å²) in [6.07, 6.45) is -1.41. The van der Waals surface area contributed by atoms with Crippen molar-refractivity contribution in [2.75, 3.05) is 10.6 Å². The maximum Gasteiger partial charge on any atom is 0.416 e. The molecule has 0 saturated carbocycles. The monoisotopic (exact) mass is 516 g/mol. The summed E-state index contributed by atoms with van der Waals surface area (Å²) in [7, 11) is 0. The Morgan fingerprint density at radius 1 is 0.974 bits per heavy atom. The molecule has 5 aromatic rings. The Kier molecular flexibility index (Phi) is 6.40. The van der Waals surface area contributed by atoms with E-state index in [2.05, 4.69) is 30.6 Å². The third-order valence-electron chi connectivity index (χ3n) is 6.10. The van der Waals surface area contributed by atoms with Crippen LogP contribution in [0.4, 0.5) is 30.6 Å². The average molecular weight is 517 g/mol. The molecule has 0 radical (unpaired) electrons. The number of anilines is 3. The summed E-state index contributed by atoms with van der Waals surface area (Å²) in [5, 5.41) is 7.15. The number of aryl methyl sites for hydroxylation is 1. The molecule has 38 heavy (non-hydrogen) atoms. The van der Waals surface area contributed by atoms with Crippen LogP contribution in [0.1, 0.15) is 25.0 Å². The van der Waals surface area contributed by atoms with Crippen LogP contribution in [0.2, 0.25) is 0 Å². The Morgan fingerprint density at radius 2 is 1.79 bits per heavy atom. The van der Waals surface area contributed by atoms with Gasteiger partial charge in [0.25, 0.3) is 0 Å². The third kappa shape index (κ3) is 4.97. The van der Waals surface area contributed by atoms with Crippen molar-refractivity contribution >= 4 is 45.2 Å². The first-order valence-corrected chi connectivity index (χ1v) is 11.9. The average Bonchev–Trinajstić information content (AvgIpc) is 2.88. The third-order valence-corrected chi connectivity index (χ3v) is 6.10. The van der Waals surface area contributed by atoms with Gasteiger partial charge in [0.1, 0.15) is 12.1 Å². The van der Waals surface area contributed by atoms with Crippen molar-refractivity contribution in [1.29, 1.82) is 0 Å². The quantitative estimate of drug-likeness (QED) is 0.264. The number of fused-ring (bicyclic) bond motifs is 2. The second-order valence-electron chi connectivity index (χ2n) is 9.19. The van der Waals surface area contributed by atoms with E-state index in [1.54, 1.807) is 26.1 Å². The van der Waals surface area contributed by atoms with Crippen LogP contribution in [0, 0.1) is 12.8 Å².